The number of hydrogen-bond acceptors (Lipinski definition) is 6. The molecule has 0 aliphatic heterocycles. The molecule has 2 rings (SSSR count). The first-order valence-corrected chi connectivity index (χ1v) is 5.71. The Hall–Kier alpha value is -2.57. The SMILES string of the molecule is CNC(=O)COc1ccccc1CNc1nnco1. The minimum atomic E-state index is -0.181. The Kier molecular flexibility index (Phi) is 4.33. The molecule has 0 atom stereocenters. The van der Waals surface area contributed by atoms with Gasteiger partial charge in [0.1, 0.15) is 5.75 Å². The number of ether oxygens (including phenoxy) is 1. The van der Waals surface area contributed by atoms with Gasteiger partial charge in [-0.05, 0) is 6.07 Å². The number of hydrogen-bond donors (Lipinski definition) is 2. The fourth-order valence-electron chi connectivity index (χ4n) is 1.43. The lowest BCUT2D eigenvalue weighted by molar-refractivity contribution is -0.122. The second-order valence-electron chi connectivity index (χ2n) is 3.67. The summed E-state index contributed by atoms with van der Waals surface area (Å²) in [5.74, 6) is 0.456. The molecule has 1 amide bonds. The van der Waals surface area contributed by atoms with Crippen LogP contribution in [0.5, 0.6) is 5.75 Å². The average Bonchev–Trinajstić information content (AvgIpc) is 2.96. The lowest BCUT2D eigenvalue weighted by Crippen LogP contribution is -2.25. The molecule has 2 aromatic rings. The maximum absolute atomic E-state index is 11.2. The van der Waals surface area contributed by atoms with E-state index in [0.717, 1.165) is 5.56 Å². The first-order chi connectivity index (χ1) is 9.29. The van der Waals surface area contributed by atoms with Gasteiger partial charge >= 0.3 is 6.01 Å². The summed E-state index contributed by atoms with van der Waals surface area (Å²) in [5.41, 5.74) is 0.893. The number of aromatic nitrogens is 2. The van der Waals surface area contributed by atoms with Gasteiger partial charge in [-0.3, -0.25) is 4.79 Å². The van der Waals surface area contributed by atoms with Crippen LogP contribution in [0.25, 0.3) is 0 Å². The molecule has 0 saturated carbocycles. The van der Waals surface area contributed by atoms with Crippen molar-refractivity contribution >= 4 is 11.9 Å². The van der Waals surface area contributed by atoms with E-state index in [0.29, 0.717) is 18.3 Å². The average molecular weight is 262 g/mol. The smallest absolute Gasteiger partial charge is 0.315 e. The third-order valence-corrected chi connectivity index (χ3v) is 2.40. The summed E-state index contributed by atoms with van der Waals surface area (Å²) in [5, 5.41) is 12.7. The maximum atomic E-state index is 11.2. The fourth-order valence-corrected chi connectivity index (χ4v) is 1.43. The zero-order chi connectivity index (χ0) is 13.5. The number of para-hydroxylation sites is 1. The van der Waals surface area contributed by atoms with Gasteiger partial charge in [0.05, 0.1) is 0 Å². The van der Waals surface area contributed by atoms with Crippen molar-refractivity contribution in [3.05, 3.63) is 36.2 Å². The second-order valence-corrected chi connectivity index (χ2v) is 3.67. The van der Waals surface area contributed by atoms with Crippen LogP contribution in [0.1, 0.15) is 5.56 Å². The van der Waals surface area contributed by atoms with E-state index in [9.17, 15) is 4.79 Å². The van der Waals surface area contributed by atoms with Crippen LogP contribution in [0, 0.1) is 0 Å². The Morgan fingerprint density at radius 2 is 2.26 bits per heavy atom. The molecule has 0 aliphatic carbocycles. The molecule has 0 aliphatic rings. The zero-order valence-corrected chi connectivity index (χ0v) is 10.4. The van der Waals surface area contributed by atoms with E-state index in [1.54, 1.807) is 13.1 Å². The normalized spacial score (nSPS) is 9.95. The number of carbonyl (C=O) groups excluding carboxylic acids is 1. The van der Waals surface area contributed by atoms with Gasteiger partial charge in [0.2, 0.25) is 6.39 Å². The predicted octanol–water partition coefficient (Wildman–Crippen LogP) is 0.806. The molecule has 1 aromatic carbocycles. The number of amides is 1. The highest BCUT2D eigenvalue weighted by atomic mass is 16.5. The largest absolute Gasteiger partial charge is 0.483 e. The van der Waals surface area contributed by atoms with Crippen molar-refractivity contribution in [1.29, 1.82) is 0 Å². The first kappa shape index (κ1) is 12.9. The van der Waals surface area contributed by atoms with Crippen LogP contribution in [0.4, 0.5) is 6.01 Å². The Labute approximate surface area is 110 Å². The Morgan fingerprint density at radius 1 is 1.42 bits per heavy atom. The standard InChI is InChI=1S/C12H14N4O3/c1-13-11(17)7-18-10-5-3-2-4-9(10)6-14-12-16-15-8-19-12/h2-5,8H,6-7H2,1H3,(H,13,17)(H,14,16). The number of benzene rings is 1. The highest BCUT2D eigenvalue weighted by molar-refractivity contribution is 5.77. The molecule has 0 saturated heterocycles. The monoisotopic (exact) mass is 262 g/mol. The summed E-state index contributed by atoms with van der Waals surface area (Å²) in [7, 11) is 1.56. The first-order valence-electron chi connectivity index (χ1n) is 5.71. The number of rotatable bonds is 6. The van der Waals surface area contributed by atoms with E-state index in [2.05, 4.69) is 20.8 Å². The zero-order valence-electron chi connectivity index (χ0n) is 10.4. The highest BCUT2D eigenvalue weighted by Crippen LogP contribution is 2.18. The van der Waals surface area contributed by atoms with E-state index in [1.165, 1.54) is 6.39 Å². The van der Waals surface area contributed by atoms with E-state index >= 15 is 0 Å². The van der Waals surface area contributed by atoms with Gasteiger partial charge in [-0.1, -0.05) is 23.3 Å². The van der Waals surface area contributed by atoms with Gasteiger partial charge in [0.15, 0.2) is 6.61 Å². The number of carbonyl (C=O) groups is 1. The highest BCUT2D eigenvalue weighted by Gasteiger charge is 2.06. The number of anilines is 1. The topological polar surface area (TPSA) is 89.3 Å². The Morgan fingerprint density at radius 3 is 3.00 bits per heavy atom. The molecule has 0 spiro atoms. The van der Waals surface area contributed by atoms with Gasteiger partial charge in [0, 0.05) is 19.2 Å². The van der Waals surface area contributed by atoms with Crippen molar-refractivity contribution in [2.24, 2.45) is 0 Å². The van der Waals surface area contributed by atoms with Crippen molar-refractivity contribution in [3.8, 4) is 5.75 Å². The van der Waals surface area contributed by atoms with Crippen molar-refractivity contribution in [2.45, 2.75) is 6.54 Å². The maximum Gasteiger partial charge on any atom is 0.315 e. The van der Waals surface area contributed by atoms with Crippen LogP contribution in [-0.2, 0) is 11.3 Å². The Balaban J connectivity index is 1.97. The van der Waals surface area contributed by atoms with E-state index in [-0.39, 0.29) is 12.5 Å². The number of nitrogens with zero attached hydrogens (tertiary/aromatic N) is 2. The quantitative estimate of drug-likeness (QED) is 0.800. The molecule has 1 heterocycles. The molecular formula is C12H14N4O3. The van der Waals surface area contributed by atoms with Gasteiger partial charge in [-0.2, -0.15) is 0 Å². The molecule has 7 nitrogen and oxygen atoms in total. The van der Waals surface area contributed by atoms with Crippen LogP contribution < -0.4 is 15.4 Å². The summed E-state index contributed by atoms with van der Waals surface area (Å²) in [6.07, 6.45) is 1.25. The van der Waals surface area contributed by atoms with Crippen molar-refractivity contribution in [1.82, 2.24) is 15.5 Å². The molecule has 19 heavy (non-hydrogen) atoms. The summed E-state index contributed by atoms with van der Waals surface area (Å²) >= 11 is 0. The van der Waals surface area contributed by atoms with Crippen molar-refractivity contribution in [2.75, 3.05) is 19.0 Å². The molecule has 0 bridgehead atoms. The molecular weight excluding hydrogens is 248 g/mol. The van der Waals surface area contributed by atoms with Crippen LogP contribution in [0.3, 0.4) is 0 Å². The van der Waals surface area contributed by atoms with Crippen molar-refractivity contribution < 1.29 is 13.9 Å². The van der Waals surface area contributed by atoms with E-state index in [1.807, 2.05) is 18.2 Å². The lowest BCUT2D eigenvalue weighted by atomic mass is 10.2. The van der Waals surface area contributed by atoms with E-state index in [4.69, 9.17) is 9.15 Å². The number of nitrogens with one attached hydrogen (secondary N) is 2. The van der Waals surface area contributed by atoms with Gasteiger partial charge < -0.3 is 19.8 Å². The molecule has 2 N–H and O–H groups in total. The minimum absolute atomic E-state index is 0.0198. The van der Waals surface area contributed by atoms with Gasteiger partial charge in [-0.25, -0.2) is 0 Å². The van der Waals surface area contributed by atoms with Crippen LogP contribution in [0.2, 0.25) is 0 Å². The minimum Gasteiger partial charge on any atom is -0.483 e. The van der Waals surface area contributed by atoms with E-state index < -0.39 is 0 Å². The van der Waals surface area contributed by atoms with Crippen LogP contribution in [-0.4, -0.2) is 29.8 Å². The Bertz CT molecular complexity index is 528. The second kappa shape index (κ2) is 6.39. The molecule has 0 radical (unpaired) electrons. The number of likely N-dealkylation sites (N-methyl/N-ethyl adjacent to an activating group) is 1. The molecule has 100 valence electrons. The molecule has 0 fully saturated rings. The summed E-state index contributed by atoms with van der Waals surface area (Å²) in [6, 6.07) is 7.75. The van der Waals surface area contributed by atoms with Crippen LogP contribution >= 0.6 is 0 Å². The fraction of sp³-hybridized carbons (Fsp3) is 0.250. The third kappa shape index (κ3) is 3.70. The molecule has 7 heteroatoms. The van der Waals surface area contributed by atoms with Gasteiger partial charge in [0.25, 0.3) is 5.91 Å². The predicted molar refractivity (Wildman–Crippen MR) is 67.6 cm³/mol. The molecule has 0 unspecified atom stereocenters. The van der Waals surface area contributed by atoms with Crippen LogP contribution in [0.15, 0.2) is 35.1 Å². The summed E-state index contributed by atoms with van der Waals surface area (Å²) in [6.45, 7) is 0.445. The van der Waals surface area contributed by atoms with Gasteiger partial charge in [-0.15, -0.1) is 5.10 Å². The summed E-state index contributed by atoms with van der Waals surface area (Å²) in [4.78, 5) is 11.2. The van der Waals surface area contributed by atoms with Crippen molar-refractivity contribution in [3.63, 3.8) is 0 Å². The lowest BCUT2D eigenvalue weighted by Gasteiger charge is -2.10. The summed E-state index contributed by atoms with van der Waals surface area (Å²) < 4.78 is 10.4. The molecule has 1 aromatic heterocycles. The third-order valence-electron chi connectivity index (χ3n) is 2.40.